The fourth-order valence-electron chi connectivity index (χ4n) is 4.37. The van der Waals surface area contributed by atoms with Crippen LogP contribution in [0.4, 0.5) is 11.5 Å². The SMILES string of the molecule is CCc1c(C#N)c(CC(C(N)=O)c2ccc(NC)cc2)nc(N2CCCN(C)CC2)c1C#N. The van der Waals surface area contributed by atoms with E-state index >= 15 is 0 Å². The molecule has 2 heterocycles. The first-order chi connectivity index (χ1) is 15.9. The summed E-state index contributed by atoms with van der Waals surface area (Å²) in [6.07, 6.45) is 1.69. The molecule has 1 atom stereocenters. The van der Waals surface area contributed by atoms with Gasteiger partial charge in [-0.05, 0) is 49.7 Å². The number of nitrogens with zero attached hydrogens (tertiary/aromatic N) is 5. The highest BCUT2D eigenvalue weighted by molar-refractivity contribution is 5.82. The van der Waals surface area contributed by atoms with Gasteiger partial charge in [0, 0.05) is 38.8 Å². The average Bonchev–Trinajstić information content (AvgIpc) is 3.05. The third kappa shape index (κ3) is 5.24. The lowest BCUT2D eigenvalue weighted by Crippen LogP contribution is -2.31. The van der Waals surface area contributed by atoms with Crippen molar-refractivity contribution in [2.45, 2.75) is 32.1 Å². The molecule has 1 amide bonds. The van der Waals surface area contributed by atoms with Crippen LogP contribution in [0.25, 0.3) is 0 Å². The van der Waals surface area contributed by atoms with Crippen molar-refractivity contribution in [3.63, 3.8) is 0 Å². The molecule has 2 aromatic rings. The van der Waals surface area contributed by atoms with E-state index in [0.29, 0.717) is 34.6 Å². The number of carbonyl (C=O) groups is 1. The van der Waals surface area contributed by atoms with Crippen LogP contribution in [-0.2, 0) is 17.6 Å². The van der Waals surface area contributed by atoms with Crippen molar-refractivity contribution in [2.24, 2.45) is 5.73 Å². The normalized spacial score (nSPS) is 15.2. The van der Waals surface area contributed by atoms with Crippen LogP contribution in [0.15, 0.2) is 24.3 Å². The number of nitrogens with one attached hydrogen (secondary N) is 1. The Morgan fingerprint density at radius 2 is 1.85 bits per heavy atom. The van der Waals surface area contributed by atoms with Gasteiger partial charge in [-0.2, -0.15) is 10.5 Å². The minimum absolute atomic E-state index is 0.205. The van der Waals surface area contributed by atoms with Crippen LogP contribution in [0.2, 0.25) is 0 Å². The van der Waals surface area contributed by atoms with Gasteiger partial charge in [0.15, 0.2) is 0 Å². The Hall–Kier alpha value is -3.62. The lowest BCUT2D eigenvalue weighted by atomic mass is 9.89. The number of likely N-dealkylation sites (N-methyl/N-ethyl adjacent to an activating group) is 1. The molecule has 1 aliphatic rings. The van der Waals surface area contributed by atoms with Crippen LogP contribution in [0.5, 0.6) is 0 Å². The molecule has 172 valence electrons. The van der Waals surface area contributed by atoms with Gasteiger partial charge in [0.2, 0.25) is 5.91 Å². The Labute approximate surface area is 195 Å². The Morgan fingerprint density at radius 3 is 2.42 bits per heavy atom. The third-order valence-corrected chi connectivity index (χ3v) is 6.30. The second-order valence-electron chi connectivity index (χ2n) is 8.36. The average molecular weight is 446 g/mol. The summed E-state index contributed by atoms with van der Waals surface area (Å²) in [4.78, 5) is 21.7. The summed E-state index contributed by atoms with van der Waals surface area (Å²) in [7, 11) is 3.91. The summed E-state index contributed by atoms with van der Waals surface area (Å²) >= 11 is 0. The number of hydrogen-bond acceptors (Lipinski definition) is 7. The molecule has 0 saturated carbocycles. The smallest absolute Gasteiger partial charge is 0.225 e. The van der Waals surface area contributed by atoms with E-state index in [-0.39, 0.29) is 6.42 Å². The van der Waals surface area contributed by atoms with Gasteiger partial charge in [0.05, 0.1) is 22.7 Å². The monoisotopic (exact) mass is 445 g/mol. The summed E-state index contributed by atoms with van der Waals surface area (Å²) in [6, 6.07) is 12.1. The summed E-state index contributed by atoms with van der Waals surface area (Å²) in [6.45, 7) is 5.31. The molecule has 3 N–H and O–H groups in total. The predicted molar refractivity (Wildman–Crippen MR) is 129 cm³/mol. The maximum Gasteiger partial charge on any atom is 0.225 e. The van der Waals surface area contributed by atoms with Crippen LogP contribution < -0.4 is 16.0 Å². The van der Waals surface area contributed by atoms with Crippen molar-refractivity contribution in [2.75, 3.05) is 50.5 Å². The molecule has 0 radical (unpaired) electrons. The Kier molecular flexibility index (Phi) is 7.87. The number of aromatic nitrogens is 1. The molecule has 1 aromatic carbocycles. The fourth-order valence-corrected chi connectivity index (χ4v) is 4.37. The van der Waals surface area contributed by atoms with Crippen molar-refractivity contribution >= 4 is 17.4 Å². The summed E-state index contributed by atoms with van der Waals surface area (Å²) in [5, 5.41) is 23.0. The molecule has 0 aliphatic carbocycles. The van der Waals surface area contributed by atoms with Crippen molar-refractivity contribution in [1.82, 2.24) is 9.88 Å². The van der Waals surface area contributed by atoms with Crippen LogP contribution in [-0.4, -0.2) is 56.1 Å². The van der Waals surface area contributed by atoms with Gasteiger partial charge < -0.3 is 20.9 Å². The number of amides is 1. The number of primary amides is 1. The van der Waals surface area contributed by atoms with Crippen molar-refractivity contribution in [3.8, 4) is 12.1 Å². The molecule has 1 fully saturated rings. The van der Waals surface area contributed by atoms with E-state index in [4.69, 9.17) is 10.7 Å². The van der Waals surface area contributed by atoms with Crippen molar-refractivity contribution in [3.05, 3.63) is 52.2 Å². The predicted octanol–water partition coefficient (Wildman–Crippen LogP) is 2.38. The molecule has 3 rings (SSSR count). The van der Waals surface area contributed by atoms with E-state index in [0.717, 1.165) is 43.9 Å². The third-order valence-electron chi connectivity index (χ3n) is 6.30. The zero-order chi connectivity index (χ0) is 24.0. The largest absolute Gasteiger partial charge is 0.388 e. The van der Waals surface area contributed by atoms with Gasteiger partial charge in [-0.15, -0.1) is 0 Å². The first kappa shape index (κ1) is 24.0. The lowest BCUT2D eigenvalue weighted by molar-refractivity contribution is -0.119. The molecule has 8 nitrogen and oxygen atoms in total. The van der Waals surface area contributed by atoms with Gasteiger partial charge in [0.25, 0.3) is 0 Å². The van der Waals surface area contributed by atoms with Crippen LogP contribution >= 0.6 is 0 Å². The molecule has 1 aliphatic heterocycles. The van der Waals surface area contributed by atoms with Crippen LogP contribution in [0.3, 0.4) is 0 Å². The zero-order valence-corrected chi connectivity index (χ0v) is 19.6. The highest BCUT2D eigenvalue weighted by Gasteiger charge is 2.27. The maximum atomic E-state index is 12.4. The number of carbonyl (C=O) groups excluding carboxylic acids is 1. The zero-order valence-electron chi connectivity index (χ0n) is 19.6. The molecule has 0 spiro atoms. The van der Waals surface area contributed by atoms with Gasteiger partial charge in [-0.3, -0.25) is 4.79 Å². The van der Waals surface area contributed by atoms with E-state index in [9.17, 15) is 15.3 Å². The van der Waals surface area contributed by atoms with Crippen molar-refractivity contribution in [1.29, 1.82) is 10.5 Å². The molecular formula is C25H31N7O. The Morgan fingerprint density at radius 1 is 1.15 bits per heavy atom. The fraction of sp³-hybridized carbons (Fsp3) is 0.440. The second-order valence-corrected chi connectivity index (χ2v) is 8.36. The molecule has 1 aromatic heterocycles. The van der Waals surface area contributed by atoms with Crippen LogP contribution in [0, 0.1) is 22.7 Å². The first-order valence-corrected chi connectivity index (χ1v) is 11.3. The molecule has 1 saturated heterocycles. The summed E-state index contributed by atoms with van der Waals surface area (Å²) in [5.41, 5.74) is 9.52. The topological polar surface area (TPSA) is 122 Å². The first-order valence-electron chi connectivity index (χ1n) is 11.3. The highest BCUT2D eigenvalue weighted by Crippen LogP contribution is 2.31. The second kappa shape index (κ2) is 10.8. The Bertz CT molecular complexity index is 1080. The van der Waals surface area contributed by atoms with Gasteiger partial charge >= 0.3 is 0 Å². The lowest BCUT2D eigenvalue weighted by Gasteiger charge is -2.26. The Balaban J connectivity index is 2.10. The highest BCUT2D eigenvalue weighted by atomic mass is 16.1. The van der Waals surface area contributed by atoms with E-state index in [1.807, 2.05) is 38.2 Å². The number of hydrogen-bond donors (Lipinski definition) is 2. The maximum absolute atomic E-state index is 12.4. The van der Waals surface area contributed by atoms with Gasteiger partial charge in [-0.25, -0.2) is 4.98 Å². The number of pyridine rings is 1. The minimum Gasteiger partial charge on any atom is -0.388 e. The van der Waals surface area contributed by atoms with E-state index in [2.05, 4.69) is 34.3 Å². The number of nitrogens with two attached hydrogens (primary N) is 1. The molecule has 33 heavy (non-hydrogen) atoms. The minimum atomic E-state index is -0.628. The van der Waals surface area contributed by atoms with Gasteiger partial charge in [-0.1, -0.05) is 19.1 Å². The van der Waals surface area contributed by atoms with Crippen molar-refractivity contribution < 1.29 is 4.79 Å². The molecule has 1 unspecified atom stereocenters. The number of benzene rings is 1. The van der Waals surface area contributed by atoms with E-state index in [1.165, 1.54) is 0 Å². The van der Waals surface area contributed by atoms with Crippen LogP contribution in [0.1, 0.15) is 47.2 Å². The quantitative estimate of drug-likeness (QED) is 0.671. The number of anilines is 2. The summed E-state index contributed by atoms with van der Waals surface area (Å²) in [5.74, 6) is -0.498. The molecule has 8 heteroatoms. The molecular weight excluding hydrogens is 414 g/mol. The molecule has 0 bridgehead atoms. The van der Waals surface area contributed by atoms with E-state index in [1.54, 1.807) is 0 Å². The standard InChI is InChI=1S/C25H31N7O/c1-4-19-21(15-26)23(14-20(24(28)33)17-6-8-18(29-2)9-7-17)30-25(22(19)16-27)32-11-5-10-31(3)12-13-32/h6-9,20,29H,4-5,10-14H2,1-3H3,(H2,28,33). The van der Waals surface area contributed by atoms with E-state index < -0.39 is 11.8 Å². The van der Waals surface area contributed by atoms with Gasteiger partial charge in [0.1, 0.15) is 18.0 Å². The summed E-state index contributed by atoms with van der Waals surface area (Å²) < 4.78 is 0. The number of rotatable bonds is 7. The number of nitriles is 2.